The average Bonchev–Trinajstić information content (AvgIpc) is 3.10. The molecule has 3 aromatic heterocycles. The Balaban J connectivity index is 1.88. The van der Waals surface area contributed by atoms with Crippen molar-refractivity contribution in [1.29, 1.82) is 0 Å². The van der Waals surface area contributed by atoms with Crippen molar-refractivity contribution < 1.29 is 4.74 Å². The summed E-state index contributed by atoms with van der Waals surface area (Å²) in [6, 6.07) is 0. The first-order valence-electron chi connectivity index (χ1n) is 7.64. The summed E-state index contributed by atoms with van der Waals surface area (Å²) in [6.07, 6.45) is 5.15. The lowest BCUT2D eigenvalue weighted by atomic mass is 9.89. The second kappa shape index (κ2) is 5.48. The van der Waals surface area contributed by atoms with E-state index in [9.17, 15) is 0 Å². The number of aryl methyl sites for hydroxylation is 1. The fourth-order valence-electron chi connectivity index (χ4n) is 3.14. The zero-order valence-corrected chi connectivity index (χ0v) is 13.6. The summed E-state index contributed by atoms with van der Waals surface area (Å²) in [5, 5.41) is 8.82. The van der Waals surface area contributed by atoms with Crippen molar-refractivity contribution in [3.63, 3.8) is 0 Å². The van der Waals surface area contributed by atoms with Gasteiger partial charge in [-0.3, -0.25) is 0 Å². The van der Waals surface area contributed by atoms with E-state index < -0.39 is 0 Å². The predicted octanol–water partition coefficient (Wildman–Crippen LogP) is 2.52. The van der Waals surface area contributed by atoms with Gasteiger partial charge in [0.25, 0.3) is 0 Å². The van der Waals surface area contributed by atoms with Gasteiger partial charge in [-0.2, -0.15) is 9.61 Å². The van der Waals surface area contributed by atoms with Crippen LogP contribution in [-0.2, 0) is 17.6 Å². The molecule has 3 heterocycles. The monoisotopic (exact) mass is 317 g/mol. The molecule has 1 aliphatic carbocycles. The van der Waals surface area contributed by atoms with Crippen molar-refractivity contribution in [2.75, 3.05) is 25.6 Å². The van der Waals surface area contributed by atoms with E-state index >= 15 is 0 Å². The van der Waals surface area contributed by atoms with E-state index in [0.29, 0.717) is 13.2 Å². The molecule has 0 amide bonds. The Labute approximate surface area is 132 Å². The van der Waals surface area contributed by atoms with E-state index in [1.807, 2.05) is 15.9 Å². The Morgan fingerprint density at radius 1 is 1.50 bits per heavy atom. The Morgan fingerprint density at radius 2 is 2.41 bits per heavy atom. The van der Waals surface area contributed by atoms with E-state index in [0.717, 1.165) is 35.2 Å². The minimum atomic E-state index is 0.633. The molecule has 0 saturated carbocycles. The van der Waals surface area contributed by atoms with Crippen LogP contribution in [0.15, 0.2) is 6.33 Å². The second-order valence-corrected chi connectivity index (χ2v) is 6.97. The molecule has 22 heavy (non-hydrogen) atoms. The van der Waals surface area contributed by atoms with Gasteiger partial charge in [-0.25, -0.2) is 9.97 Å². The van der Waals surface area contributed by atoms with Crippen LogP contribution in [0, 0.1) is 5.92 Å². The van der Waals surface area contributed by atoms with Crippen LogP contribution in [0.5, 0.6) is 0 Å². The third-order valence-electron chi connectivity index (χ3n) is 4.26. The molecule has 116 valence electrons. The van der Waals surface area contributed by atoms with Crippen molar-refractivity contribution in [2.45, 2.75) is 26.2 Å². The molecule has 4 rings (SSSR count). The van der Waals surface area contributed by atoms with Crippen LogP contribution in [0.4, 0.5) is 5.95 Å². The van der Waals surface area contributed by atoms with Gasteiger partial charge < -0.3 is 10.1 Å². The topological polar surface area (TPSA) is 64.3 Å². The van der Waals surface area contributed by atoms with E-state index in [-0.39, 0.29) is 0 Å². The van der Waals surface area contributed by atoms with E-state index in [4.69, 9.17) is 9.72 Å². The maximum absolute atomic E-state index is 5.09. The van der Waals surface area contributed by atoms with Gasteiger partial charge in [0, 0.05) is 18.5 Å². The van der Waals surface area contributed by atoms with Gasteiger partial charge >= 0.3 is 0 Å². The standard InChI is InChI=1S/C15H19N5OS/c1-9-3-4-11-10(7-9)12-13-17-8-18-20(13)15(16-5-6-21-2)19-14(12)22-11/h8-9H,3-7H2,1-2H3,(H,16,19). The van der Waals surface area contributed by atoms with Crippen LogP contribution in [0.25, 0.3) is 15.9 Å². The number of anilines is 1. The number of fused-ring (bicyclic) bond motifs is 5. The van der Waals surface area contributed by atoms with Crippen molar-refractivity contribution in [3.8, 4) is 0 Å². The van der Waals surface area contributed by atoms with Crippen LogP contribution in [0.2, 0.25) is 0 Å². The Hall–Kier alpha value is -1.73. The summed E-state index contributed by atoms with van der Waals surface area (Å²) in [4.78, 5) is 11.8. The first kappa shape index (κ1) is 13.9. The summed E-state index contributed by atoms with van der Waals surface area (Å²) < 4.78 is 6.90. The highest BCUT2D eigenvalue weighted by molar-refractivity contribution is 7.19. The normalized spacial score (nSPS) is 18.0. The third kappa shape index (κ3) is 2.16. The number of rotatable bonds is 4. The molecule has 0 spiro atoms. The summed E-state index contributed by atoms with van der Waals surface area (Å²) >= 11 is 1.81. The zero-order chi connectivity index (χ0) is 15.1. The Kier molecular flexibility index (Phi) is 3.46. The molecule has 0 saturated heterocycles. The van der Waals surface area contributed by atoms with Crippen LogP contribution in [0.3, 0.4) is 0 Å². The van der Waals surface area contributed by atoms with E-state index in [1.54, 1.807) is 13.4 Å². The molecule has 7 heteroatoms. The fraction of sp³-hybridized carbons (Fsp3) is 0.533. The fourth-order valence-corrected chi connectivity index (χ4v) is 4.35. The molecule has 1 aliphatic rings. The number of methoxy groups -OCH3 is 1. The number of hydrogen-bond acceptors (Lipinski definition) is 6. The van der Waals surface area contributed by atoms with Crippen molar-refractivity contribution in [3.05, 3.63) is 16.8 Å². The average molecular weight is 317 g/mol. The van der Waals surface area contributed by atoms with Gasteiger partial charge in [0.2, 0.25) is 5.95 Å². The lowest BCUT2D eigenvalue weighted by Gasteiger charge is -2.17. The maximum Gasteiger partial charge on any atom is 0.227 e. The van der Waals surface area contributed by atoms with Gasteiger partial charge in [0.1, 0.15) is 11.2 Å². The van der Waals surface area contributed by atoms with Gasteiger partial charge in [-0.1, -0.05) is 6.92 Å². The zero-order valence-electron chi connectivity index (χ0n) is 12.8. The van der Waals surface area contributed by atoms with Gasteiger partial charge in [0.05, 0.1) is 12.0 Å². The number of nitrogens with zero attached hydrogens (tertiary/aromatic N) is 4. The van der Waals surface area contributed by atoms with Gasteiger partial charge in [-0.05, 0) is 30.7 Å². The molecule has 0 fully saturated rings. The first-order valence-corrected chi connectivity index (χ1v) is 8.46. The quantitative estimate of drug-likeness (QED) is 0.749. The van der Waals surface area contributed by atoms with Crippen molar-refractivity contribution in [1.82, 2.24) is 19.6 Å². The van der Waals surface area contributed by atoms with E-state index in [1.165, 1.54) is 22.2 Å². The van der Waals surface area contributed by atoms with Crippen LogP contribution in [0.1, 0.15) is 23.8 Å². The number of thiophene rings is 1. The predicted molar refractivity (Wildman–Crippen MR) is 87.7 cm³/mol. The van der Waals surface area contributed by atoms with Gasteiger partial charge in [-0.15, -0.1) is 11.3 Å². The highest BCUT2D eigenvalue weighted by atomic mass is 32.1. The number of ether oxygens (including phenoxy) is 1. The van der Waals surface area contributed by atoms with Gasteiger partial charge in [0.15, 0.2) is 5.65 Å². The SMILES string of the molecule is COCCNc1nc2sc3c(c2c2ncnn12)CC(C)CC3. The smallest absolute Gasteiger partial charge is 0.227 e. The summed E-state index contributed by atoms with van der Waals surface area (Å²) in [6.45, 7) is 3.65. The third-order valence-corrected chi connectivity index (χ3v) is 5.44. The highest BCUT2D eigenvalue weighted by Gasteiger charge is 2.24. The summed E-state index contributed by atoms with van der Waals surface area (Å²) in [7, 11) is 1.69. The molecule has 1 N–H and O–H groups in total. The minimum absolute atomic E-state index is 0.633. The summed E-state index contributed by atoms with van der Waals surface area (Å²) in [5.74, 6) is 1.47. The van der Waals surface area contributed by atoms with E-state index in [2.05, 4.69) is 22.3 Å². The number of aromatic nitrogens is 4. The second-order valence-electron chi connectivity index (χ2n) is 5.88. The minimum Gasteiger partial charge on any atom is -0.383 e. The Morgan fingerprint density at radius 3 is 3.27 bits per heavy atom. The van der Waals surface area contributed by atoms with Crippen molar-refractivity contribution in [2.24, 2.45) is 5.92 Å². The van der Waals surface area contributed by atoms with Crippen LogP contribution in [-0.4, -0.2) is 39.8 Å². The molecule has 0 aliphatic heterocycles. The lowest BCUT2D eigenvalue weighted by molar-refractivity contribution is 0.210. The molecular formula is C15H19N5OS. The highest BCUT2D eigenvalue weighted by Crippen LogP contribution is 2.39. The molecule has 1 atom stereocenters. The molecule has 3 aromatic rings. The first-order chi connectivity index (χ1) is 10.8. The van der Waals surface area contributed by atoms with Crippen molar-refractivity contribution >= 4 is 33.1 Å². The summed E-state index contributed by atoms with van der Waals surface area (Å²) in [5.41, 5.74) is 2.35. The largest absolute Gasteiger partial charge is 0.383 e. The molecule has 0 bridgehead atoms. The maximum atomic E-state index is 5.09. The lowest BCUT2D eigenvalue weighted by Crippen LogP contribution is -2.13. The molecule has 0 radical (unpaired) electrons. The Bertz CT molecular complexity index is 824. The number of hydrogen-bond donors (Lipinski definition) is 1. The van der Waals surface area contributed by atoms with Crippen LogP contribution >= 0.6 is 11.3 Å². The van der Waals surface area contributed by atoms with Crippen LogP contribution < -0.4 is 5.32 Å². The molecule has 0 aromatic carbocycles. The molecular weight excluding hydrogens is 298 g/mol. The molecule has 6 nitrogen and oxygen atoms in total. The number of nitrogens with one attached hydrogen (secondary N) is 1. The molecule has 1 unspecified atom stereocenters.